The van der Waals surface area contributed by atoms with Crippen molar-refractivity contribution >= 4 is 58.3 Å². The molecule has 0 amide bonds. The molecule has 8 heteroatoms. The van der Waals surface area contributed by atoms with E-state index in [2.05, 4.69) is 25.3 Å². The third-order valence-electron chi connectivity index (χ3n) is 2.42. The monoisotopic (exact) mass is 351 g/mol. The van der Waals surface area contributed by atoms with Gasteiger partial charge in [-0.05, 0) is 19.3 Å². The molecule has 0 spiro atoms. The Morgan fingerprint density at radius 3 is 2.06 bits per heavy atom. The molecule has 0 radical (unpaired) electrons. The van der Waals surface area contributed by atoms with Crippen LogP contribution in [0.1, 0.15) is 19.3 Å². The third kappa shape index (κ3) is 11.9. The fraction of sp³-hybridized carbons (Fsp3) is 0.800. The smallest absolute Gasteiger partial charge is 0.391 e. The van der Waals surface area contributed by atoms with Crippen molar-refractivity contribution in [3.63, 3.8) is 0 Å². The Morgan fingerprint density at radius 2 is 1.61 bits per heavy atom. The van der Waals surface area contributed by atoms with E-state index in [1.165, 1.54) is 0 Å². The van der Waals surface area contributed by atoms with Crippen molar-refractivity contribution in [3.8, 4) is 0 Å². The van der Waals surface area contributed by atoms with Crippen LogP contribution in [-0.4, -0.2) is 56.8 Å². The summed E-state index contributed by atoms with van der Waals surface area (Å²) in [5.74, 6) is 0. The summed E-state index contributed by atoms with van der Waals surface area (Å²) in [5, 5.41) is 9.75. The van der Waals surface area contributed by atoms with Gasteiger partial charge in [0.05, 0.1) is 6.10 Å². The molecule has 0 saturated carbocycles. The van der Waals surface area contributed by atoms with E-state index in [4.69, 9.17) is 24.4 Å². The minimum atomic E-state index is -0.363. The Kier molecular flexibility index (Phi) is 15.9. The molecule has 1 unspecified atom stereocenters. The molecule has 0 aliphatic heterocycles. The predicted molar refractivity (Wildman–Crippen MR) is 88.3 cm³/mol. The van der Waals surface area contributed by atoms with Gasteiger partial charge >= 0.3 is 51.4 Å². The SMILES string of the molecule is CN(CCCCC(O)CN(C)C(=S)S)C(=S)S.[K+]. The molecule has 1 N–H and O–H groups in total. The van der Waals surface area contributed by atoms with E-state index >= 15 is 0 Å². The van der Waals surface area contributed by atoms with Crippen LogP contribution in [0.3, 0.4) is 0 Å². The van der Waals surface area contributed by atoms with Gasteiger partial charge < -0.3 is 14.9 Å². The van der Waals surface area contributed by atoms with Gasteiger partial charge in [0.1, 0.15) is 8.64 Å². The van der Waals surface area contributed by atoms with Crippen molar-refractivity contribution in [3.05, 3.63) is 0 Å². The number of thiol groups is 2. The van der Waals surface area contributed by atoms with E-state index in [0.717, 1.165) is 25.8 Å². The fourth-order valence-corrected chi connectivity index (χ4v) is 1.66. The van der Waals surface area contributed by atoms with E-state index in [1.54, 1.807) is 4.90 Å². The molecule has 0 fully saturated rings. The normalized spacial score (nSPS) is 11.4. The summed E-state index contributed by atoms with van der Waals surface area (Å²) < 4.78 is 1.11. The first-order valence-corrected chi connectivity index (χ1v) is 7.12. The summed E-state index contributed by atoms with van der Waals surface area (Å²) in [6.45, 7) is 1.40. The van der Waals surface area contributed by atoms with Crippen LogP contribution in [-0.2, 0) is 0 Å². The summed E-state index contributed by atoms with van der Waals surface area (Å²) in [4.78, 5) is 3.68. The zero-order valence-electron chi connectivity index (χ0n) is 11.2. The van der Waals surface area contributed by atoms with Gasteiger partial charge in [0.25, 0.3) is 0 Å². The first-order valence-electron chi connectivity index (χ1n) is 5.40. The quantitative estimate of drug-likeness (QED) is 0.232. The van der Waals surface area contributed by atoms with Gasteiger partial charge in [0.2, 0.25) is 0 Å². The molecule has 0 heterocycles. The molecule has 0 bridgehead atoms. The Morgan fingerprint density at radius 1 is 1.11 bits per heavy atom. The minimum Gasteiger partial charge on any atom is -0.391 e. The topological polar surface area (TPSA) is 26.7 Å². The van der Waals surface area contributed by atoms with Crippen LogP contribution in [0.2, 0.25) is 0 Å². The Bertz CT molecular complexity index is 268. The van der Waals surface area contributed by atoms with Gasteiger partial charge in [0, 0.05) is 27.2 Å². The fourth-order valence-electron chi connectivity index (χ4n) is 1.31. The van der Waals surface area contributed by atoms with E-state index in [-0.39, 0.29) is 57.5 Å². The number of unbranched alkanes of at least 4 members (excludes halogenated alkanes) is 1. The van der Waals surface area contributed by atoms with Gasteiger partial charge in [-0.25, -0.2) is 0 Å². The number of aliphatic hydroxyl groups excluding tert-OH is 1. The summed E-state index contributed by atoms with van der Waals surface area (Å²) in [6, 6.07) is 0. The summed E-state index contributed by atoms with van der Waals surface area (Å²) in [5.41, 5.74) is 0. The minimum absolute atomic E-state index is 0. The average molecular weight is 352 g/mol. The van der Waals surface area contributed by atoms with Gasteiger partial charge in [-0.2, -0.15) is 0 Å². The summed E-state index contributed by atoms with van der Waals surface area (Å²) >= 11 is 17.9. The molecule has 0 aliphatic carbocycles. The molecule has 3 nitrogen and oxygen atoms in total. The number of thiocarbonyl (C=S) groups is 2. The maximum absolute atomic E-state index is 9.75. The van der Waals surface area contributed by atoms with Crippen LogP contribution in [0.5, 0.6) is 0 Å². The first kappa shape index (κ1) is 22.4. The van der Waals surface area contributed by atoms with E-state index < -0.39 is 0 Å². The average Bonchev–Trinajstić information content (AvgIpc) is 2.23. The van der Waals surface area contributed by atoms with Crippen LogP contribution >= 0.6 is 49.7 Å². The Hall–Kier alpha value is 2.08. The predicted octanol–water partition coefficient (Wildman–Crippen LogP) is -1.19. The van der Waals surface area contributed by atoms with Gasteiger partial charge in [-0.15, -0.1) is 25.3 Å². The maximum atomic E-state index is 9.75. The van der Waals surface area contributed by atoms with Crippen LogP contribution in [0, 0.1) is 0 Å². The summed E-state index contributed by atoms with van der Waals surface area (Å²) in [6.07, 6.45) is 2.34. The van der Waals surface area contributed by atoms with Crippen LogP contribution in [0.25, 0.3) is 0 Å². The van der Waals surface area contributed by atoms with E-state index in [0.29, 0.717) is 15.2 Å². The van der Waals surface area contributed by atoms with Crippen molar-refractivity contribution < 1.29 is 56.5 Å². The Labute approximate surface area is 174 Å². The summed E-state index contributed by atoms with van der Waals surface area (Å²) in [7, 11) is 3.74. The molecular weight excluding hydrogens is 331 g/mol. The van der Waals surface area contributed by atoms with Gasteiger partial charge in [-0.3, -0.25) is 0 Å². The van der Waals surface area contributed by atoms with E-state index in [9.17, 15) is 5.11 Å². The molecule has 0 saturated heterocycles. The van der Waals surface area contributed by atoms with Crippen molar-refractivity contribution in [2.24, 2.45) is 0 Å². The van der Waals surface area contributed by atoms with Crippen molar-refractivity contribution in [1.82, 2.24) is 9.80 Å². The molecule has 0 aliphatic rings. The van der Waals surface area contributed by atoms with Gasteiger partial charge in [-0.1, -0.05) is 24.4 Å². The number of hydrogen-bond donors (Lipinski definition) is 3. The van der Waals surface area contributed by atoms with E-state index in [1.807, 2.05) is 19.0 Å². The first-order chi connectivity index (χ1) is 7.84. The zero-order valence-corrected chi connectivity index (χ0v) is 17.7. The molecule has 0 aromatic rings. The molecule has 100 valence electrons. The molecular formula is C10H20KN2OS4+. The van der Waals surface area contributed by atoms with Crippen LogP contribution < -0.4 is 51.4 Å². The van der Waals surface area contributed by atoms with Gasteiger partial charge in [0.15, 0.2) is 0 Å². The largest absolute Gasteiger partial charge is 1.00 e. The second-order valence-electron chi connectivity index (χ2n) is 4.02. The molecule has 0 rings (SSSR count). The van der Waals surface area contributed by atoms with Crippen LogP contribution in [0.15, 0.2) is 0 Å². The second-order valence-corrected chi connectivity index (χ2v) is 6.24. The second kappa shape index (κ2) is 12.8. The van der Waals surface area contributed by atoms with Crippen molar-refractivity contribution in [2.45, 2.75) is 25.4 Å². The molecule has 18 heavy (non-hydrogen) atoms. The molecule has 0 aromatic carbocycles. The van der Waals surface area contributed by atoms with Crippen molar-refractivity contribution in [1.29, 1.82) is 0 Å². The number of likely N-dealkylation sites (N-methyl/N-ethyl adjacent to an activating group) is 1. The number of nitrogens with zero attached hydrogens (tertiary/aromatic N) is 2. The van der Waals surface area contributed by atoms with Crippen LogP contribution in [0.4, 0.5) is 0 Å². The van der Waals surface area contributed by atoms with Crippen molar-refractivity contribution in [2.75, 3.05) is 27.2 Å². The molecule has 1 atom stereocenters. The zero-order chi connectivity index (χ0) is 13.4. The third-order valence-corrected chi connectivity index (χ3v) is 3.72. The Balaban J connectivity index is 0. The number of hydrogen-bond acceptors (Lipinski definition) is 3. The maximum Gasteiger partial charge on any atom is 1.00 e. The number of rotatable bonds is 7. The number of aliphatic hydroxyl groups is 1. The standard InChI is InChI=1S/C10H20N2OS4.K/c1-11(9(14)15)6-4-3-5-8(13)7-12(2)10(16)17;/h8,13H,3-7H2,1-2H3,(H,14,15)(H,16,17);/q;+1. The molecule has 0 aromatic heterocycles.